The Bertz CT molecular complexity index is 1760. The van der Waals surface area contributed by atoms with E-state index in [-0.39, 0.29) is 0 Å². The molecule has 5 heterocycles. The van der Waals surface area contributed by atoms with Gasteiger partial charge in [0.25, 0.3) is 0 Å². The molecule has 7 aromatic rings. The fourth-order valence-corrected chi connectivity index (χ4v) is 5.11. The number of aromatic nitrogens is 6. The molecule has 0 N–H and O–H groups in total. The van der Waals surface area contributed by atoms with Crippen LogP contribution in [0.1, 0.15) is 0 Å². The Morgan fingerprint density at radius 3 is 0.837 bits per heavy atom. The molecule has 0 aliphatic carbocycles. The van der Waals surface area contributed by atoms with Crippen molar-refractivity contribution < 1.29 is 4.39 Å². The molecule has 2 aromatic carbocycles. The van der Waals surface area contributed by atoms with E-state index < -0.39 is 6.08 Å². The van der Waals surface area contributed by atoms with Crippen LogP contribution in [0.15, 0.2) is 141 Å². The van der Waals surface area contributed by atoms with Gasteiger partial charge in [0.2, 0.25) is 0 Å². The van der Waals surface area contributed by atoms with Gasteiger partial charge < -0.3 is 0 Å². The summed E-state index contributed by atoms with van der Waals surface area (Å²) in [4.78, 5) is 25.1. The van der Waals surface area contributed by atoms with Crippen LogP contribution < -0.4 is 0 Å². The van der Waals surface area contributed by atoms with E-state index in [4.69, 9.17) is 0 Å². The quantitative estimate of drug-likeness (QED) is 0.192. The van der Waals surface area contributed by atoms with Gasteiger partial charge in [0.1, 0.15) is 0 Å². The molecule has 7 rings (SSSR count). The third-order valence-corrected chi connectivity index (χ3v) is 7.21. The van der Waals surface area contributed by atoms with Crippen molar-refractivity contribution in [2.75, 3.05) is 0 Å². The fraction of sp³-hybridized carbons (Fsp3) is 0. The lowest BCUT2D eigenvalue weighted by atomic mass is 9.94. The molecule has 204 valence electrons. The molecular weight excluding hydrogens is 535 g/mol. The van der Waals surface area contributed by atoms with Crippen molar-refractivity contribution in [3.8, 4) is 67.0 Å². The molecule has 0 saturated heterocycles. The second-order valence-corrected chi connectivity index (χ2v) is 9.95. The molecule has 6 nitrogen and oxygen atoms in total. The molecule has 0 spiro atoms. The third kappa shape index (κ3) is 5.64. The largest absolute Gasteiger partial charge is 0.309 e. The third-order valence-electron chi connectivity index (χ3n) is 7.21. The van der Waals surface area contributed by atoms with Crippen LogP contribution in [0.3, 0.4) is 0 Å². The first-order chi connectivity index (χ1) is 21.2. The number of hydrogen-bond acceptors (Lipinski definition) is 6. The van der Waals surface area contributed by atoms with Crippen LogP contribution in [0.25, 0.3) is 67.0 Å². The van der Waals surface area contributed by atoms with E-state index in [0.717, 1.165) is 55.6 Å². The summed E-state index contributed by atoms with van der Waals surface area (Å²) < 4.78 is 15.2. The lowest BCUT2D eigenvalue weighted by molar-refractivity contribution is 0.542. The van der Waals surface area contributed by atoms with Crippen molar-refractivity contribution in [1.29, 1.82) is 0 Å². The molecule has 0 amide bonds. The highest BCUT2D eigenvalue weighted by Crippen LogP contribution is 2.35. The summed E-state index contributed by atoms with van der Waals surface area (Å²) >= 11 is 0. The van der Waals surface area contributed by atoms with E-state index in [1.54, 1.807) is 49.6 Å². The highest BCUT2D eigenvalue weighted by Gasteiger charge is 2.14. The lowest BCUT2D eigenvalue weighted by Crippen LogP contribution is -1.97. The maximum atomic E-state index is 15.2. The topological polar surface area (TPSA) is 77.3 Å². The van der Waals surface area contributed by atoms with Gasteiger partial charge in [-0.15, -0.1) is 0 Å². The second-order valence-electron chi connectivity index (χ2n) is 9.95. The molecular formula is C36H23FN6. The van der Waals surface area contributed by atoms with Crippen LogP contribution in [0, 0.1) is 6.08 Å². The number of rotatable bonds is 6. The van der Waals surface area contributed by atoms with Gasteiger partial charge in [-0.1, -0.05) is 0 Å². The zero-order valence-electron chi connectivity index (χ0n) is 22.8. The minimum Gasteiger partial charge on any atom is -0.265 e. The van der Waals surface area contributed by atoms with Gasteiger partial charge in [-0.25, -0.2) is 9.97 Å². The number of halogens is 1. The van der Waals surface area contributed by atoms with Gasteiger partial charge in [0.15, 0.2) is 0 Å². The Hall–Kier alpha value is -5.95. The maximum Gasteiger partial charge on any atom is 0.309 e. The first kappa shape index (κ1) is 26.0. The maximum absolute atomic E-state index is 15.2. The van der Waals surface area contributed by atoms with Crippen molar-refractivity contribution in [2.24, 2.45) is 0 Å². The Morgan fingerprint density at radius 1 is 0.302 bits per heavy atom. The minimum atomic E-state index is -0.799. The van der Waals surface area contributed by atoms with Gasteiger partial charge in [-0.3, -0.25) is 19.9 Å². The van der Waals surface area contributed by atoms with Crippen LogP contribution in [-0.4, -0.2) is 29.9 Å². The molecule has 0 aliphatic rings. The van der Waals surface area contributed by atoms with E-state index in [1.807, 2.05) is 78.9 Å². The smallest absolute Gasteiger partial charge is 0.265 e. The van der Waals surface area contributed by atoms with Crippen LogP contribution in [0.4, 0.5) is 4.39 Å². The summed E-state index contributed by atoms with van der Waals surface area (Å²) in [5.41, 5.74) is 10.3. The van der Waals surface area contributed by atoms with Crippen LogP contribution in [-0.2, 0) is 0 Å². The second kappa shape index (κ2) is 11.5. The average Bonchev–Trinajstić information content (AvgIpc) is 3.09. The van der Waals surface area contributed by atoms with Crippen molar-refractivity contribution in [1.82, 2.24) is 29.9 Å². The normalized spacial score (nSPS) is 10.9. The van der Waals surface area contributed by atoms with E-state index in [2.05, 4.69) is 42.0 Å². The van der Waals surface area contributed by atoms with Crippen molar-refractivity contribution in [3.63, 3.8) is 0 Å². The van der Waals surface area contributed by atoms with Gasteiger partial charge >= 0.3 is 6.08 Å². The SMILES string of the molecule is Fc1nc(-c2cc(-c3ccncc3)cc(-c3ccncc3)c2)cc(-c2cc(-c3ccncc3)cc(-c3ccncc3)c2)n1. The summed E-state index contributed by atoms with van der Waals surface area (Å²) in [6.07, 6.45) is 13.3. The molecule has 0 unspecified atom stereocenters. The van der Waals surface area contributed by atoms with E-state index in [1.165, 1.54) is 0 Å². The van der Waals surface area contributed by atoms with Gasteiger partial charge in [0, 0.05) is 60.7 Å². The standard InChI is InChI=1S/C36H23FN6/c37-36-42-34(32-19-28(24-1-9-38-10-2-24)17-29(20-32)25-3-11-39-12-4-25)23-35(43-36)33-21-30(26-5-13-40-14-6-26)18-31(22-33)27-7-15-41-16-8-27/h1-23H. The van der Waals surface area contributed by atoms with E-state index >= 15 is 4.39 Å². The highest BCUT2D eigenvalue weighted by molar-refractivity contribution is 5.83. The predicted molar refractivity (Wildman–Crippen MR) is 166 cm³/mol. The Kier molecular flexibility index (Phi) is 6.95. The molecule has 0 saturated carbocycles. The monoisotopic (exact) mass is 558 g/mol. The molecule has 5 aromatic heterocycles. The molecule has 0 fully saturated rings. The van der Waals surface area contributed by atoms with E-state index in [0.29, 0.717) is 11.4 Å². The first-order valence-electron chi connectivity index (χ1n) is 13.7. The number of pyridine rings is 4. The highest BCUT2D eigenvalue weighted by atomic mass is 19.1. The average molecular weight is 559 g/mol. The van der Waals surface area contributed by atoms with Crippen molar-refractivity contribution in [2.45, 2.75) is 0 Å². The van der Waals surface area contributed by atoms with Gasteiger partial charge in [-0.2, -0.15) is 4.39 Å². The Labute approximate surface area is 247 Å². The summed E-state index contributed by atoms with van der Waals surface area (Å²) in [5.74, 6) is 0. The zero-order valence-corrected chi connectivity index (χ0v) is 22.8. The van der Waals surface area contributed by atoms with Gasteiger partial charge in [0.05, 0.1) is 11.4 Å². The molecule has 0 radical (unpaired) electrons. The van der Waals surface area contributed by atoms with Crippen LogP contribution in [0.5, 0.6) is 0 Å². The number of hydrogen-bond donors (Lipinski definition) is 0. The predicted octanol–water partition coefficient (Wildman–Crippen LogP) is 8.20. The summed E-state index contributed by atoms with van der Waals surface area (Å²) in [6, 6.07) is 29.7. The number of benzene rings is 2. The summed E-state index contributed by atoms with van der Waals surface area (Å²) in [7, 11) is 0. The van der Waals surface area contributed by atoms with Gasteiger partial charge in [-0.05, 0) is 136 Å². The molecule has 43 heavy (non-hydrogen) atoms. The first-order valence-corrected chi connectivity index (χ1v) is 13.7. The molecule has 0 aliphatic heterocycles. The van der Waals surface area contributed by atoms with Crippen molar-refractivity contribution in [3.05, 3.63) is 147 Å². The fourth-order valence-electron chi connectivity index (χ4n) is 5.11. The Balaban J connectivity index is 1.40. The van der Waals surface area contributed by atoms with E-state index in [9.17, 15) is 0 Å². The molecule has 0 bridgehead atoms. The number of nitrogens with zero attached hydrogens (tertiary/aromatic N) is 6. The minimum absolute atomic E-state index is 0.480. The summed E-state index contributed by atoms with van der Waals surface area (Å²) in [5, 5.41) is 0. The Morgan fingerprint density at radius 2 is 0.558 bits per heavy atom. The zero-order chi connectivity index (χ0) is 29.0. The molecule has 7 heteroatoms. The lowest BCUT2D eigenvalue weighted by Gasteiger charge is -2.13. The van der Waals surface area contributed by atoms with Crippen molar-refractivity contribution >= 4 is 0 Å². The van der Waals surface area contributed by atoms with Crippen LogP contribution in [0.2, 0.25) is 0 Å². The summed E-state index contributed by atoms with van der Waals surface area (Å²) in [6.45, 7) is 0. The van der Waals surface area contributed by atoms with Crippen LogP contribution >= 0.6 is 0 Å². The molecule has 0 atom stereocenters.